The molecule has 5 aromatic carbocycles. The molecule has 0 bridgehead atoms. The summed E-state index contributed by atoms with van der Waals surface area (Å²) in [6.45, 7) is 19.8. The highest BCUT2D eigenvalue weighted by Gasteiger charge is 2.49. The highest BCUT2D eigenvalue weighted by molar-refractivity contribution is 7.99. The van der Waals surface area contributed by atoms with Gasteiger partial charge in [-0.05, 0) is 152 Å². The van der Waals surface area contributed by atoms with Crippen LogP contribution in [0.15, 0.2) is 147 Å². The number of thiazole rings is 1. The van der Waals surface area contributed by atoms with Crippen molar-refractivity contribution in [2.24, 2.45) is 10.8 Å². The summed E-state index contributed by atoms with van der Waals surface area (Å²) in [6.07, 6.45) is 4.33. The third-order valence-electron chi connectivity index (χ3n) is 20.2. The van der Waals surface area contributed by atoms with E-state index in [0.717, 1.165) is 83.3 Å². The molecule has 4 aliphatic rings. The maximum absolute atomic E-state index is 14.6. The van der Waals surface area contributed by atoms with Gasteiger partial charge in [0.25, 0.3) is 25.8 Å². The molecule has 566 valence electrons. The second-order valence-corrected chi connectivity index (χ2v) is 35.7. The zero-order valence-corrected chi connectivity index (χ0v) is 64.5. The van der Waals surface area contributed by atoms with E-state index in [1.54, 1.807) is 33.9 Å². The van der Waals surface area contributed by atoms with Gasteiger partial charge in [-0.2, -0.15) is 13.2 Å². The first kappa shape index (κ1) is 80.2. The largest absolute Gasteiger partial charge is 0.501 e. The van der Waals surface area contributed by atoms with Gasteiger partial charge in [0, 0.05) is 124 Å². The molecule has 3 aliphatic heterocycles. The van der Waals surface area contributed by atoms with Crippen molar-refractivity contribution in [3.63, 3.8) is 0 Å². The SMILES string of the molecule is Cc1ncsc1-c1ccc([C@H](C)NC(=O)[C@@H]2C[C@@H](O)CN2C(=O)C(NC(=O)CCCCCC(=O)N2CCN(CCC(CSc3ccccc3)Nc3ccc(S(=O)(=O)NC(=O)c4ccc(N5CCN(CC6=C(c7ccc(Cl)cc7)CCC(C)(C)C6)CC5)cc4)cc3S(=O)(=O)C(F)(F)F)CC2)C(C)(C)C)cc1. The average molecular weight is 1540 g/mol. The fourth-order valence-corrected chi connectivity index (χ4v) is 18.0. The van der Waals surface area contributed by atoms with Crippen molar-refractivity contribution >= 4 is 101 Å². The van der Waals surface area contributed by atoms with Crippen LogP contribution < -0.4 is 25.6 Å². The number of aliphatic hydroxyl groups excluding tert-OH is 1. The zero-order valence-electron chi connectivity index (χ0n) is 60.5. The number of likely N-dealkylation sites (tertiary alicyclic amines) is 1. The van der Waals surface area contributed by atoms with E-state index < -0.39 is 94.3 Å². The van der Waals surface area contributed by atoms with Crippen molar-refractivity contribution in [2.75, 3.05) is 88.0 Å². The number of aromatic nitrogens is 1. The van der Waals surface area contributed by atoms with E-state index in [1.165, 1.54) is 45.5 Å². The van der Waals surface area contributed by atoms with Crippen molar-refractivity contribution in [3.05, 3.63) is 160 Å². The Balaban J connectivity index is 0.690. The standard InChI is InChI=1S/C77H96ClF3N10O10S4/c1-51(53-18-20-55(21-19-53)70-52(2)82-50-103-70)83-73(96)66-44-61(92)48-91(66)74(97)71(75(3,4)5)85-68(93)16-12-9-13-17-69(94)90-42-36-87(37-43-90)35-33-59(49-102-62-14-10-8-11-15-62)84-65-31-30-63(45-67(65)104(98,99)77(79,80)81)105(100,101)86-72(95)56-24-28-60(29-25-56)89-40-38-88(39-41-89)47-57-46-76(6,7)34-32-64(57)54-22-26-58(78)27-23-54/h8,10-11,14-15,18-31,45,50-51,59,61,66,71,84,92H,9,12-13,16-17,32-44,46-49H2,1-7H3,(H,83,96)(H,85,93)(H,86,95)/t51-,59?,61+,66-,71?/m0/s1. The van der Waals surface area contributed by atoms with E-state index in [2.05, 4.69) is 61.6 Å². The molecular weight excluding hydrogens is 1450 g/mol. The van der Waals surface area contributed by atoms with Gasteiger partial charge >= 0.3 is 5.51 Å². The number of allylic oxidation sites excluding steroid dienone is 1. The van der Waals surface area contributed by atoms with Crippen molar-refractivity contribution in [3.8, 4) is 10.4 Å². The molecule has 3 saturated heterocycles. The fraction of sp³-hybridized carbons (Fsp3) is 0.481. The fourth-order valence-electron chi connectivity index (χ4n) is 14.0. The molecule has 5 atom stereocenters. The van der Waals surface area contributed by atoms with Crippen LogP contribution in [0.1, 0.15) is 139 Å². The van der Waals surface area contributed by atoms with Gasteiger partial charge in [-0.25, -0.2) is 26.5 Å². The van der Waals surface area contributed by atoms with Crippen LogP contribution in [0, 0.1) is 17.8 Å². The maximum atomic E-state index is 14.6. The second kappa shape index (κ2) is 34.7. The van der Waals surface area contributed by atoms with Crippen LogP contribution in [0.3, 0.4) is 0 Å². The molecule has 3 fully saturated rings. The molecule has 0 spiro atoms. The number of anilines is 2. The van der Waals surface area contributed by atoms with Gasteiger partial charge in [0.15, 0.2) is 0 Å². The number of β-amino-alcohol motifs (C(OH)–C–C–N with tert-alkyl or cyclic N) is 1. The molecule has 28 heteroatoms. The van der Waals surface area contributed by atoms with Gasteiger partial charge in [-0.15, -0.1) is 23.1 Å². The summed E-state index contributed by atoms with van der Waals surface area (Å²) < 4.78 is 100. The molecule has 0 saturated carbocycles. The number of hydrogen-bond donors (Lipinski definition) is 5. The van der Waals surface area contributed by atoms with Crippen LogP contribution in [-0.4, -0.2) is 184 Å². The number of sulfonamides is 1. The summed E-state index contributed by atoms with van der Waals surface area (Å²) in [5.41, 5.74) is 2.51. The monoisotopic (exact) mass is 1540 g/mol. The first-order valence-electron chi connectivity index (χ1n) is 35.8. The molecule has 105 heavy (non-hydrogen) atoms. The third kappa shape index (κ3) is 21.1. The Morgan fingerprint density at radius 3 is 2.10 bits per heavy atom. The van der Waals surface area contributed by atoms with Crippen molar-refractivity contribution in [1.29, 1.82) is 0 Å². The number of thioether (sulfide) groups is 1. The van der Waals surface area contributed by atoms with Crippen LogP contribution in [0.2, 0.25) is 5.02 Å². The van der Waals surface area contributed by atoms with Crippen LogP contribution in [0.5, 0.6) is 0 Å². The first-order valence-corrected chi connectivity index (χ1v) is 41.0. The lowest BCUT2D eigenvalue weighted by Gasteiger charge is -2.39. The number of amides is 5. The summed E-state index contributed by atoms with van der Waals surface area (Å²) in [6, 6.07) is 30.8. The summed E-state index contributed by atoms with van der Waals surface area (Å²) in [4.78, 5) is 82.6. The predicted octanol–water partition coefficient (Wildman–Crippen LogP) is 12.4. The van der Waals surface area contributed by atoms with Gasteiger partial charge in [-0.3, -0.25) is 33.8 Å². The van der Waals surface area contributed by atoms with Crippen LogP contribution in [0.4, 0.5) is 24.5 Å². The number of rotatable bonds is 28. The Hall–Kier alpha value is -7.37. The lowest BCUT2D eigenvalue weighted by atomic mass is 9.73. The Kier molecular flexibility index (Phi) is 26.5. The summed E-state index contributed by atoms with van der Waals surface area (Å²) in [5, 5.41) is 20.4. The Labute approximate surface area is 628 Å². The van der Waals surface area contributed by atoms with Crippen molar-refractivity contribution < 1.29 is 59.1 Å². The number of sulfone groups is 1. The normalized spacial score (nSPS) is 18.7. The van der Waals surface area contributed by atoms with Gasteiger partial charge in [0.1, 0.15) is 17.0 Å². The minimum absolute atomic E-state index is 0.0422. The molecule has 1 aromatic heterocycles. The van der Waals surface area contributed by atoms with Gasteiger partial charge < -0.3 is 35.8 Å². The topological polar surface area (TPSA) is 251 Å². The minimum atomic E-state index is -6.18. The number of hydrogen-bond acceptors (Lipinski definition) is 17. The second-order valence-electron chi connectivity index (χ2n) is 29.7. The third-order valence-corrected chi connectivity index (χ3v) is 25.4. The number of piperazine rings is 2. The quantitative estimate of drug-likeness (QED) is 0.0226. The maximum Gasteiger partial charge on any atom is 0.501 e. The van der Waals surface area contributed by atoms with E-state index in [9.17, 15) is 59.1 Å². The molecule has 10 rings (SSSR count). The number of nitrogens with zero attached hydrogens (tertiary/aromatic N) is 6. The molecule has 5 amide bonds. The van der Waals surface area contributed by atoms with Crippen molar-refractivity contribution in [1.82, 2.24) is 39.9 Å². The molecule has 5 N–H and O–H groups in total. The van der Waals surface area contributed by atoms with Gasteiger partial charge in [0.05, 0.1) is 38.8 Å². The Morgan fingerprint density at radius 2 is 1.45 bits per heavy atom. The highest BCUT2D eigenvalue weighted by Crippen LogP contribution is 2.44. The molecule has 4 heterocycles. The Morgan fingerprint density at radius 1 is 0.790 bits per heavy atom. The molecule has 2 unspecified atom stereocenters. The smallest absolute Gasteiger partial charge is 0.391 e. The van der Waals surface area contributed by atoms with Crippen LogP contribution in [-0.2, 0) is 39.0 Å². The zero-order chi connectivity index (χ0) is 75.6. The molecule has 0 radical (unpaired) electrons. The first-order chi connectivity index (χ1) is 49.7. The van der Waals surface area contributed by atoms with Gasteiger partial charge in [-0.1, -0.05) is 113 Å². The number of alkyl halides is 3. The number of carbonyl (C=O) groups is 5. The number of halogens is 4. The lowest BCUT2D eigenvalue weighted by Crippen LogP contribution is -2.57. The molecule has 1 aliphatic carbocycles. The molecule has 6 aromatic rings. The van der Waals surface area contributed by atoms with E-state index in [4.69, 9.17) is 11.6 Å². The Bertz CT molecular complexity index is 4300. The summed E-state index contributed by atoms with van der Waals surface area (Å²) in [5.74, 6) is -2.10. The van der Waals surface area contributed by atoms with Crippen molar-refractivity contribution in [2.45, 2.75) is 163 Å². The van der Waals surface area contributed by atoms with Crippen LogP contribution >= 0.6 is 34.7 Å². The molecule has 20 nitrogen and oxygen atoms in total. The lowest BCUT2D eigenvalue weighted by molar-refractivity contribution is -0.144. The summed E-state index contributed by atoms with van der Waals surface area (Å²) >= 11 is 9.17. The van der Waals surface area contributed by atoms with E-state index >= 15 is 0 Å². The molecular formula is C77H96ClF3N10O10S4. The van der Waals surface area contributed by atoms with E-state index in [1.807, 2.05) is 106 Å². The number of nitrogens with one attached hydrogen (secondary N) is 4. The number of aliphatic hydroxyl groups is 1. The number of aryl methyl sites for hydroxylation is 1. The average Bonchev–Trinajstić information content (AvgIpc) is 0.849. The van der Waals surface area contributed by atoms with E-state index in [-0.39, 0.29) is 54.4 Å². The van der Waals surface area contributed by atoms with Gasteiger partial charge in [0.2, 0.25) is 23.6 Å². The highest BCUT2D eigenvalue weighted by atomic mass is 35.5. The minimum Gasteiger partial charge on any atom is -0.391 e. The summed E-state index contributed by atoms with van der Waals surface area (Å²) in [7, 11) is -11.1. The number of benzene rings is 5. The predicted molar refractivity (Wildman–Crippen MR) is 407 cm³/mol. The van der Waals surface area contributed by atoms with E-state index in [0.29, 0.717) is 82.6 Å². The number of carbonyl (C=O) groups excluding carboxylic acids is 5. The van der Waals surface area contributed by atoms with Crippen LogP contribution in [0.25, 0.3) is 16.0 Å². The number of unbranched alkanes of at least 4 members (excludes halogenated alkanes) is 2.